The Morgan fingerprint density at radius 3 is 2.62 bits per heavy atom. The van der Waals surface area contributed by atoms with E-state index in [2.05, 4.69) is 5.10 Å². The molecule has 21 heavy (non-hydrogen) atoms. The van der Waals surface area contributed by atoms with E-state index in [4.69, 9.17) is 11.6 Å². The van der Waals surface area contributed by atoms with Crippen LogP contribution in [0.15, 0.2) is 30.5 Å². The first-order valence-electron chi connectivity index (χ1n) is 6.73. The fraction of sp³-hybridized carbons (Fsp3) is 0.333. The predicted molar refractivity (Wildman–Crippen MR) is 79.7 cm³/mol. The van der Waals surface area contributed by atoms with Crippen molar-refractivity contribution in [3.63, 3.8) is 0 Å². The third-order valence-corrected chi connectivity index (χ3v) is 4.08. The molecule has 110 valence electrons. The maximum absolute atomic E-state index is 13.0. The number of nitrogens with zero attached hydrogens (tertiary/aromatic N) is 3. The van der Waals surface area contributed by atoms with Crippen LogP contribution in [0, 0.1) is 5.82 Å². The zero-order valence-corrected chi connectivity index (χ0v) is 12.6. The van der Waals surface area contributed by atoms with Crippen molar-refractivity contribution in [1.29, 1.82) is 0 Å². The number of fused-ring (bicyclic) bond motifs is 1. The number of benzene rings is 1. The second kappa shape index (κ2) is 4.84. The molecule has 1 aliphatic heterocycles. The minimum atomic E-state index is -0.514. The Morgan fingerprint density at radius 2 is 2.00 bits per heavy atom. The standard InChI is InChI=1S/C15H15ClFN3O/c1-15(2)8-7-12-13(19(15)14(16)21)9-18-20(12)11-5-3-10(17)4-6-11/h3-6,9H,7-8H2,1-2H3. The van der Waals surface area contributed by atoms with E-state index in [9.17, 15) is 9.18 Å². The van der Waals surface area contributed by atoms with Crippen molar-refractivity contribution < 1.29 is 9.18 Å². The Hall–Kier alpha value is -1.88. The van der Waals surface area contributed by atoms with E-state index in [0.29, 0.717) is 0 Å². The third-order valence-electron chi connectivity index (χ3n) is 3.91. The van der Waals surface area contributed by atoms with Crippen LogP contribution in [0.2, 0.25) is 0 Å². The molecule has 0 unspecified atom stereocenters. The van der Waals surface area contributed by atoms with E-state index in [1.165, 1.54) is 12.1 Å². The first-order chi connectivity index (χ1) is 9.90. The van der Waals surface area contributed by atoms with Crippen molar-refractivity contribution in [1.82, 2.24) is 9.78 Å². The number of carbonyl (C=O) groups excluding carboxylic acids is 1. The molecule has 0 atom stereocenters. The van der Waals surface area contributed by atoms with Gasteiger partial charge in [-0.2, -0.15) is 5.10 Å². The fourth-order valence-corrected chi connectivity index (χ4v) is 3.11. The topological polar surface area (TPSA) is 38.1 Å². The highest BCUT2D eigenvalue weighted by Crippen LogP contribution is 2.38. The van der Waals surface area contributed by atoms with Crippen LogP contribution in [0.5, 0.6) is 0 Å². The molecule has 4 nitrogen and oxygen atoms in total. The Bertz CT molecular complexity index is 693. The summed E-state index contributed by atoms with van der Waals surface area (Å²) < 4.78 is 14.8. The zero-order valence-electron chi connectivity index (χ0n) is 11.8. The van der Waals surface area contributed by atoms with Gasteiger partial charge in [0.05, 0.1) is 23.3 Å². The molecule has 0 saturated carbocycles. The van der Waals surface area contributed by atoms with Crippen LogP contribution in [0.1, 0.15) is 26.0 Å². The Morgan fingerprint density at radius 1 is 1.33 bits per heavy atom. The van der Waals surface area contributed by atoms with E-state index in [0.717, 1.165) is 29.9 Å². The average Bonchev–Trinajstić information content (AvgIpc) is 2.81. The molecule has 2 heterocycles. The minimum Gasteiger partial charge on any atom is -0.290 e. The number of hydrogen-bond acceptors (Lipinski definition) is 2. The molecule has 0 radical (unpaired) electrons. The molecule has 0 saturated heterocycles. The lowest BCUT2D eigenvalue weighted by molar-refractivity contribution is 0.256. The summed E-state index contributed by atoms with van der Waals surface area (Å²) in [5, 5.41) is 3.82. The number of rotatable bonds is 1. The Kier molecular flexibility index (Phi) is 3.24. The molecule has 1 amide bonds. The van der Waals surface area contributed by atoms with Gasteiger partial charge in [0.15, 0.2) is 0 Å². The Labute approximate surface area is 127 Å². The van der Waals surface area contributed by atoms with Crippen molar-refractivity contribution in [3.8, 4) is 5.69 Å². The molecule has 1 aliphatic rings. The third kappa shape index (κ3) is 2.31. The van der Waals surface area contributed by atoms with Gasteiger partial charge in [-0.1, -0.05) is 0 Å². The highest BCUT2D eigenvalue weighted by Gasteiger charge is 2.38. The highest BCUT2D eigenvalue weighted by molar-refractivity contribution is 6.66. The second-order valence-electron chi connectivity index (χ2n) is 5.77. The maximum atomic E-state index is 13.0. The molecule has 1 aromatic heterocycles. The van der Waals surface area contributed by atoms with Gasteiger partial charge in [-0.25, -0.2) is 9.07 Å². The first kappa shape index (κ1) is 14.1. The van der Waals surface area contributed by atoms with Crippen molar-refractivity contribution in [2.24, 2.45) is 0 Å². The molecule has 0 fully saturated rings. The number of hydrogen-bond donors (Lipinski definition) is 0. The smallest absolute Gasteiger partial charge is 0.290 e. The largest absolute Gasteiger partial charge is 0.321 e. The second-order valence-corrected chi connectivity index (χ2v) is 6.09. The molecule has 0 spiro atoms. The summed E-state index contributed by atoms with van der Waals surface area (Å²) in [6.45, 7) is 3.96. The lowest BCUT2D eigenvalue weighted by Gasteiger charge is -2.40. The maximum Gasteiger partial charge on any atom is 0.321 e. The van der Waals surface area contributed by atoms with E-state index >= 15 is 0 Å². The summed E-state index contributed by atoms with van der Waals surface area (Å²) in [4.78, 5) is 13.3. The number of amides is 1. The van der Waals surface area contributed by atoms with E-state index < -0.39 is 5.37 Å². The summed E-state index contributed by atoms with van der Waals surface area (Å²) in [6.07, 6.45) is 3.20. The average molecular weight is 308 g/mol. The summed E-state index contributed by atoms with van der Waals surface area (Å²) in [5.41, 5.74) is 2.05. The van der Waals surface area contributed by atoms with Gasteiger partial charge in [-0.3, -0.25) is 9.69 Å². The van der Waals surface area contributed by atoms with Gasteiger partial charge in [0, 0.05) is 5.54 Å². The SMILES string of the molecule is CC1(C)CCc2c(cnn2-c2ccc(F)cc2)N1C(=O)Cl. The normalized spacial score (nSPS) is 16.7. The fourth-order valence-electron chi connectivity index (χ4n) is 2.79. The molecule has 6 heteroatoms. The first-order valence-corrected chi connectivity index (χ1v) is 7.10. The number of carbonyl (C=O) groups is 1. The summed E-state index contributed by atoms with van der Waals surface area (Å²) in [7, 11) is 0. The zero-order chi connectivity index (χ0) is 15.2. The quantitative estimate of drug-likeness (QED) is 0.592. The van der Waals surface area contributed by atoms with Gasteiger partial charge in [0.1, 0.15) is 5.82 Å². The summed E-state index contributed by atoms with van der Waals surface area (Å²) in [6, 6.07) is 6.10. The molecular formula is C15H15ClFN3O. The number of anilines is 1. The lowest BCUT2D eigenvalue weighted by Crippen LogP contribution is -2.48. The summed E-state index contributed by atoms with van der Waals surface area (Å²) in [5.74, 6) is -0.293. The van der Waals surface area contributed by atoms with Gasteiger partial charge in [0.25, 0.3) is 0 Å². The van der Waals surface area contributed by atoms with E-state index in [-0.39, 0.29) is 11.4 Å². The van der Waals surface area contributed by atoms with Crippen LogP contribution in [0.3, 0.4) is 0 Å². The molecule has 0 aliphatic carbocycles. The molecule has 3 rings (SSSR count). The molecular weight excluding hydrogens is 293 g/mol. The van der Waals surface area contributed by atoms with Gasteiger partial charge in [-0.05, 0) is 62.6 Å². The van der Waals surface area contributed by atoms with Gasteiger partial charge < -0.3 is 0 Å². The van der Waals surface area contributed by atoms with E-state index in [1.54, 1.807) is 27.9 Å². The Balaban J connectivity index is 2.10. The lowest BCUT2D eigenvalue weighted by atomic mass is 9.90. The summed E-state index contributed by atoms with van der Waals surface area (Å²) >= 11 is 5.75. The van der Waals surface area contributed by atoms with Gasteiger partial charge in [-0.15, -0.1) is 0 Å². The molecule has 0 bridgehead atoms. The molecule has 1 aromatic carbocycles. The van der Waals surface area contributed by atoms with Crippen LogP contribution in [-0.2, 0) is 6.42 Å². The van der Waals surface area contributed by atoms with Crippen molar-refractivity contribution in [2.75, 3.05) is 4.90 Å². The van der Waals surface area contributed by atoms with Crippen molar-refractivity contribution in [2.45, 2.75) is 32.2 Å². The highest BCUT2D eigenvalue weighted by atomic mass is 35.5. The van der Waals surface area contributed by atoms with Gasteiger partial charge in [0.2, 0.25) is 0 Å². The van der Waals surface area contributed by atoms with Crippen molar-refractivity contribution in [3.05, 3.63) is 42.0 Å². The van der Waals surface area contributed by atoms with E-state index in [1.807, 2.05) is 13.8 Å². The number of halogens is 2. The molecule has 0 N–H and O–H groups in total. The van der Waals surface area contributed by atoms with Crippen LogP contribution in [-0.4, -0.2) is 20.7 Å². The number of aromatic nitrogens is 2. The predicted octanol–water partition coefficient (Wildman–Crippen LogP) is 3.90. The monoisotopic (exact) mass is 307 g/mol. The van der Waals surface area contributed by atoms with Crippen LogP contribution in [0.25, 0.3) is 5.69 Å². The van der Waals surface area contributed by atoms with Crippen LogP contribution >= 0.6 is 11.6 Å². The van der Waals surface area contributed by atoms with Crippen LogP contribution in [0.4, 0.5) is 14.9 Å². The molecule has 2 aromatic rings. The minimum absolute atomic E-state index is 0.293. The van der Waals surface area contributed by atoms with Gasteiger partial charge >= 0.3 is 5.37 Å². The van der Waals surface area contributed by atoms with Crippen molar-refractivity contribution >= 4 is 22.7 Å². The van der Waals surface area contributed by atoms with Crippen LogP contribution < -0.4 is 4.90 Å².